The van der Waals surface area contributed by atoms with E-state index in [9.17, 15) is 5.21 Å². The van der Waals surface area contributed by atoms with E-state index in [1.54, 1.807) is 18.3 Å². The summed E-state index contributed by atoms with van der Waals surface area (Å²) in [7, 11) is 0. The monoisotopic (exact) mass is 359 g/mol. The molecular weight excluding hydrogens is 344 g/mol. The molecule has 0 unspecified atom stereocenters. The number of anilines is 1. The fourth-order valence-electron chi connectivity index (χ4n) is 3.53. The van der Waals surface area contributed by atoms with Crippen molar-refractivity contribution in [3.8, 4) is 22.6 Å². The van der Waals surface area contributed by atoms with E-state index < -0.39 is 0 Å². The maximum atomic E-state index is 11.1. The molecule has 3 aromatic carbocycles. The van der Waals surface area contributed by atoms with Crippen LogP contribution in [-0.4, -0.2) is 18.2 Å². The highest BCUT2D eigenvalue weighted by Gasteiger charge is 2.19. The van der Waals surface area contributed by atoms with Crippen molar-refractivity contribution in [1.82, 2.24) is 0 Å². The molecule has 0 bridgehead atoms. The highest BCUT2D eigenvalue weighted by molar-refractivity contribution is 5.85. The number of rotatable bonds is 3. The van der Waals surface area contributed by atoms with Crippen LogP contribution in [0.25, 0.3) is 11.1 Å². The smallest absolute Gasteiger partial charge is 0.231 e. The van der Waals surface area contributed by atoms with Crippen LogP contribution >= 0.6 is 0 Å². The summed E-state index contributed by atoms with van der Waals surface area (Å²) in [6.07, 6.45) is 2.50. The molecule has 1 aliphatic carbocycles. The maximum Gasteiger partial charge on any atom is 0.231 e. The SMILES string of the molecule is [O-]N(O)c1ccc2c(c1)Cc1cc(N=Cc3ccc4c(c3)OCO4)ccc1-2. The van der Waals surface area contributed by atoms with Gasteiger partial charge in [0.15, 0.2) is 11.5 Å². The average molecular weight is 359 g/mol. The molecule has 6 nitrogen and oxygen atoms in total. The van der Waals surface area contributed by atoms with Crippen molar-refractivity contribution in [2.24, 2.45) is 4.99 Å². The van der Waals surface area contributed by atoms with E-state index in [0.717, 1.165) is 45.0 Å². The summed E-state index contributed by atoms with van der Waals surface area (Å²) in [6.45, 7) is 0.253. The number of hydrogen-bond acceptors (Lipinski definition) is 6. The summed E-state index contributed by atoms with van der Waals surface area (Å²) in [5.74, 6) is 1.48. The first-order valence-corrected chi connectivity index (χ1v) is 8.53. The summed E-state index contributed by atoms with van der Waals surface area (Å²) >= 11 is 0. The summed E-state index contributed by atoms with van der Waals surface area (Å²) in [6, 6.07) is 17.0. The van der Waals surface area contributed by atoms with E-state index in [1.807, 2.05) is 42.5 Å². The van der Waals surface area contributed by atoms with Gasteiger partial charge < -0.3 is 19.9 Å². The Morgan fingerprint density at radius 2 is 1.70 bits per heavy atom. The molecule has 0 amide bonds. The van der Waals surface area contributed by atoms with Gasteiger partial charge in [-0.25, -0.2) is 0 Å². The second kappa shape index (κ2) is 6.12. The van der Waals surface area contributed by atoms with Crippen molar-refractivity contribution in [2.45, 2.75) is 6.42 Å². The largest absolute Gasteiger partial charge is 0.733 e. The Kier molecular flexibility index (Phi) is 3.60. The van der Waals surface area contributed by atoms with Crippen LogP contribution in [0.4, 0.5) is 11.4 Å². The fourth-order valence-corrected chi connectivity index (χ4v) is 3.53. The Balaban J connectivity index is 1.41. The van der Waals surface area contributed by atoms with Gasteiger partial charge in [-0.1, -0.05) is 12.1 Å². The standard InChI is InChI=1S/C21H15N2O4/c24-23(25)17-3-5-19-15(10-17)8-14-9-16(2-4-18(14)19)22-11-13-1-6-20-21(7-13)27-12-26-20/h1-7,9-11,24H,8,12H2/q-1. The molecule has 27 heavy (non-hydrogen) atoms. The van der Waals surface area contributed by atoms with Crippen molar-refractivity contribution in [3.63, 3.8) is 0 Å². The third-order valence-corrected chi connectivity index (χ3v) is 4.83. The highest BCUT2D eigenvalue weighted by Crippen LogP contribution is 2.40. The molecule has 0 saturated carbocycles. The van der Waals surface area contributed by atoms with Crippen LogP contribution < -0.4 is 14.7 Å². The molecule has 0 radical (unpaired) electrons. The Bertz CT molecular complexity index is 1080. The van der Waals surface area contributed by atoms with Gasteiger partial charge >= 0.3 is 0 Å². The van der Waals surface area contributed by atoms with Gasteiger partial charge in [-0.05, 0) is 76.7 Å². The first-order valence-electron chi connectivity index (χ1n) is 8.53. The van der Waals surface area contributed by atoms with Gasteiger partial charge in [-0.3, -0.25) is 10.2 Å². The minimum absolute atomic E-state index is 0.107. The van der Waals surface area contributed by atoms with Crippen molar-refractivity contribution in [2.75, 3.05) is 12.0 Å². The second-order valence-corrected chi connectivity index (χ2v) is 6.50. The number of hydrogen-bond donors (Lipinski definition) is 1. The predicted molar refractivity (Wildman–Crippen MR) is 102 cm³/mol. The first kappa shape index (κ1) is 15.9. The van der Waals surface area contributed by atoms with Gasteiger partial charge in [-0.2, -0.15) is 0 Å². The quantitative estimate of drug-likeness (QED) is 0.432. The van der Waals surface area contributed by atoms with E-state index >= 15 is 0 Å². The summed E-state index contributed by atoms with van der Waals surface area (Å²) < 4.78 is 10.7. The van der Waals surface area contributed by atoms with E-state index in [1.165, 1.54) is 0 Å². The summed E-state index contributed by atoms with van der Waals surface area (Å²) in [4.78, 5) is 4.57. The molecule has 0 atom stereocenters. The molecule has 3 aromatic rings. The zero-order valence-corrected chi connectivity index (χ0v) is 14.3. The van der Waals surface area contributed by atoms with E-state index in [-0.39, 0.29) is 17.7 Å². The zero-order valence-electron chi connectivity index (χ0n) is 14.3. The van der Waals surface area contributed by atoms with E-state index in [0.29, 0.717) is 6.42 Å². The molecule has 0 aromatic heterocycles. The molecule has 6 heteroatoms. The van der Waals surface area contributed by atoms with Gasteiger partial charge in [0, 0.05) is 6.21 Å². The molecule has 0 saturated heterocycles. The van der Waals surface area contributed by atoms with E-state index in [4.69, 9.17) is 14.7 Å². The van der Waals surface area contributed by atoms with Crippen LogP contribution in [0, 0.1) is 5.21 Å². The molecule has 1 heterocycles. The lowest BCUT2D eigenvalue weighted by atomic mass is 10.1. The number of ether oxygens (including phenoxy) is 2. The Morgan fingerprint density at radius 3 is 2.56 bits per heavy atom. The minimum atomic E-state index is -0.107. The van der Waals surface area contributed by atoms with Crippen LogP contribution in [0.3, 0.4) is 0 Å². The van der Waals surface area contributed by atoms with Crippen LogP contribution in [0.1, 0.15) is 16.7 Å². The zero-order chi connectivity index (χ0) is 18.4. The van der Waals surface area contributed by atoms with Gasteiger partial charge in [0.25, 0.3) is 0 Å². The molecule has 1 aliphatic heterocycles. The van der Waals surface area contributed by atoms with Crippen LogP contribution in [-0.2, 0) is 6.42 Å². The number of nitrogens with zero attached hydrogens (tertiary/aromatic N) is 2. The number of benzene rings is 3. The van der Waals surface area contributed by atoms with Crippen LogP contribution in [0.2, 0.25) is 0 Å². The Morgan fingerprint density at radius 1 is 0.926 bits per heavy atom. The molecule has 0 spiro atoms. The number of fused-ring (bicyclic) bond motifs is 4. The first-order chi connectivity index (χ1) is 13.2. The second-order valence-electron chi connectivity index (χ2n) is 6.50. The summed E-state index contributed by atoms with van der Waals surface area (Å²) in [5, 5.41) is 20.1. The fraction of sp³-hybridized carbons (Fsp3) is 0.0952. The van der Waals surface area contributed by atoms with Crippen molar-refractivity contribution < 1.29 is 14.7 Å². The van der Waals surface area contributed by atoms with Gasteiger partial charge in [0.1, 0.15) is 0 Å². The Hall–Kier alpha value is -3.35. The predicted octanol–water partition coefficient (Wildman–Crippen LogP) is 4.43. The van der Waals surface area contributed by atoms with Gasteiger partial charge in [-0.15, -0.1) is 0 Å². The molecule has 1 N–H and O–H groups in total. The lowest BCUT2D eigenvalue weighted by Crippen LogP contribution is -2.06. The van der Waals surface area contributed by atoms with Crippen molar-refractivity contribution in [3.05, 3.63) is 76.5 Å². The van der Waals surface area contributed by atoms with Crippen molar-refractivity contribution >= 4 is 17.6 Å². The lowest BCUT2D eigenvalue weighted by molar-refractivity contribution is 0.174. The normalized spacial score (nSPS) is 13.7. The Labute approximate surface area is 155 Å². The van der Waals surface area contributed by atoms with Gasteiger partial charge in [0.2, 0.25) is 6.79 Å². The van der Waals surface area contributed by atoms with Crippen LogP contribution in [0.5, 0.6) is 11.5 Å². The van der Waals surface area contributed by atoms with Crippen LogP contribution in [0.15, 0.2) is 59.6 Å². The van der Waals surface area contributed by atoms with Crippen molar-refractivity contribution in [1.29, 1.82) is 0 Å². The average Bonchev–Trinajstić information content (AvgIpc) is 3.28. The van der Waals surface area contributed by atoms with E-state index in [2.05, 4.69) is 4.99 Å². The third kappa shape index (κ3) is 2.81. The molecule has 2 aliphatic rings. The summed E-state index contributed by atoms with van der Waals surface area (Å²) in [5.41, 5.74) is 6.42. The number of aliphatic imine (C=N–C) groups is 1. The molecular formula is C21H15N2O4-. The molecule has 0 fully saturated rings. The third-order valence-electron chi connectivity index (χ3n) is 4.83. The highest BCUT2D eigenvalue weighted by atomic mass is 16.8. The van der Waals surface area contributed by atoms with Gasteiger partial charge in [0.05, 0.1) is 11.4 Å². The lowest BCUT2D eigenvalue weighted by Gasteiger charge is -2.22. The minimum Gasteiger partial charge on any atom is -0.733 e. The molecule has 5 rings (SSSR count). The topological polar surface area (TPSA) is 77.4 Å². The maximum absolute atomic E-state index is 11.1. The molecule has 134 valence electrons.